The Morgan fingerprint density at radius 3 is 3.05 bits per heavy atom. The van der Waals surface area contributed by atoms with Crippen LogP contribution in [0.15, 0.2) is 18.5 Å². The van der Waals surface area contributed by atoms with Gasteiger partial charge in [0.05, 0.1) is 6.54 Å². The summed E-state index contributed by atoms with van der Waals surface area (Å²) in [5.74, 6) is -0.207. The fourth-order valence-electron chi connectivity index (χ4n) is 1.56. The van der Waals surface area contributed by atoms with Gasteiger partial charge in [-0.2, -0.15) is 5.10 Å². The van der Waals surface area contributed by atoms with Crippen molar-refractivity contribution in [3.63, 3.8) is 0 Å². The van der Waals surface area contributed by atoms with Crippen molar-refractivity contribution >= 4 is 22.4 Å². The molecule has 7 nitrogen and oxygen atoms in total. The Kier molecular flexibility index (Phi) is 4.45. The summed E-state index contributed by atoms with van der Waals surface area (Å²) in [6, 6.07) is 1.82. The minimum Gasteiger partial charge on any atom is -0.360 e. The molecule has 1 amide bonds. The molecular weight excluding hydrogens is 264 g/mol. The molecule has 0 fully saturated rings. The van der Waals surface area contributed by atoms with E-state index in [0.717, 1.165) is 6.54 Å². The van der Waals surface area contributed by atoms with Gasteiger partial charge >= 0.3 is 0 Å². The highest BCUT2D eigenvalue weighted by atomic mass is 32.1. The van der Waals surface area contributed by atoms with E-state index in [0.29, 0.717) is 16.7 Å². The van der Waals surface area contributed by atoms with E-state index in [2.05, 4.69) is 25.9 Å². The highest BCUT2D eigenvalue weighted by molar-refractivity contribution is 7.17. The molecule has 2 aromatic heterocycles. The van der Waals surface area contributed by atoms with Gasteiger partial charge in [0.15, 0.2) is 0 Å². The van der Waals surface area contributed by atoms with Crippen LogP contribution in [0.5, 0.6) is 0 Å². The summed E-state index contributed by atoms with van der Waals surface area (Å²) < 4.78 is 1.77. The molecule has 1 unspecified atom stereocenters. The van der Waals surface area contributed by atoms with Gasteiger partial charge in [0.1, 0.15) is 0 Å². The first-order valence-electron chi connectivity index (χ1n) is 6.04. The molecule has 0 bridgehead atoms. The number of amides is 1. The number of carbonyl (C=O) groups excluding carboxylic acids is 1. The first-order chi connectivity index (χ1) is 9.19. The van der Waals surface area contributed by atoms with Gasteiger partial charge in [0.2, 0.25) is 10.1 Å². The van der Waals surface area contributed by atoms with Gasteiger partial charge < -0.3 is 10.6 Å². The summed E-state index contributed by atoms with van der Waals surface area (Å²) in [6.45, 7) is 5.27. The summed E-state index contributed by atoms with van der Waals surface area (Å²) in [5, 5.41) is 18.8. The van der Waals surface area contributed by atoms with E-state index < -0.39 is 0 Å². The highest BCUT2D eigenvalue weighted by Gasteiger charge is 2.15. The number of nitrogens with zero attached hydrogens (tertiary/aromatic N) is 4. The zero-order valence-electron chi connectivity index (χ0n) is 10.8. The fraction of sp³-hybridized carbons (Fsp3) is 0.455. The maximum Gasteiger partial charge on any atom is 0.282 e. The first kappa shape index (κ1) is 13.5. The summed E-state index contributed by atoms with van der Waals surface area (Å²) in [6.07, 6.45) is 3.57. The van der Waals surface area contributed by atoms with Crippen LogP contribution in [0.2, 0.25) is 0 Å². The Hall–Kier alpha value is -1.96. The van der Waals surface area contributed by atoms with Gasteiger partial charge in [-0.05, 0) is 19.9 Å². The summed E-state index contributed by atoms with van der Waals surface area (Å²) in [7, 11) is 0. The van der Waals surface area contributed by atoms with Crippen molar-refractivity contribution in [3.8, 4) is 0 Å². The van der Waals surface area contributed by atoms with Crippen molar-refractivity contribution in [1.29, 1.82) is 0 Å². The number of hydrogen-bond donors (Lipinski definition) is 2. The maximum absolute atomic E-state index is 11.9. The van der Waals surface area contributed by atoms with Gasteiger partial charge in [0.25, 0.3) is 5.91 Å². The molecule has 0 aliphatic rings. The Morgan fingerprint density at radius 2 is 2.37 bits per heavy atom. The van der Waals surface area contributed by atoms with Gasteiger partial charge in [-0.15, -0.1) is 10.2 Å². The number of nitrogens with one attached hydrogen (secondary N) is 2. The first-order valence-corrected chi connectivity index (χ1v) is 6.86. The quantitative estimate of drug-likeness (QED) is 0.824. The zero-order valence-corrected chi connectivity index (χ0v) is 11.6. The minimum atomic E-state index is -0.207. The van der Waals surface area contributed by atoms with Crippen LogP contribution in [0.25, 0.3) is 0 Å². The second-order valence-corrected chi connectivity index (χ2v) is 5.02. The SMILES string of the molecule is CCNc1nnc(C(=O)NC(C)Cn2cccn2)s1. The molecule has 2 aromatic rings. The topological polar surface area (TPSA) is 84.7 Å². The summed E-state index contributed by atoms with van der Waals surface area (Å²) in [5.41, 5.74) is 0. The lowest BCUT2D eigenvalue weighted by molar-refractivity contribution is 0.0935. The van der Waals surface area contributed by atoms with Crippen molar-refractivity contribution in [1.82, 2.24) is 25.3 Å². The molecule has 2 N–H and O–H groups in total. The molecule has 102 valence electrons. The number of anilines is 1. The Balaban J connectivity index is 1.88. The molecule has 2 rings (SSSR count). The van der Waals surface area contributed by atoms with Crippen LogP contribution in [0.4, 0.5) is 5.13 Å². The normalized spacial score (nSPS) is 12.1. The van der Waals surface area contributed by atoms with Gasteiger partial charge in [0, 0.05) is 25.0 Å². The van der Waals surface area contributed by atoms with E-state index in [9.17, 15) is 4.79 Å². The van der Waals surface area contributed by atoms with Crippen molar-refractivity contribution in [3.05, 3.63) is 23.5 Å². The number of carbonyl (C=O) groups is 1. The summed E-state index contributed by atoms with van der Waals surface area (Å²) in [4.78, 5) is 11.9. The lowest BCUT2D eigenvalue weighted by Gasteiger charge is -2.12. The lowest BCUT2D eigenvalue weighted by Crippen LogP contribution is -2.35. The Bertz CT molecular complexity index is 523. The van der Waals surface area contributed by atoms with Gasteiger partial charge in [-0.1, -0.05) is 11.3 Å². The second kappa shape index (κ2) is 6.28. The molecule has 0 saturated carbocycles. The molecule has 8 heteroatoms. The fourth-order valence-corrected chi connectivity index (χ4v) is 2.27. The van der Waals surface area contributed by atoms with Crippen molar-refractivity contribution in [2.24, 2.45) is 0 Å². The van der Waals surface area contributed by atoms with Gasteiger partial charge in [-0.3, -0.25) is 9.48 Å². The van der Waals surface area contributed by atoms with E-state index in [4.69, 9.17) is 0 Å². The third kappa shape index (κ3) is 3.75. The lowest BCUT2D eigenvalue weighted by atomic mass is 10.3. The van der Waals surface area contributed by atoms with Crippen molar-refractivity contribution in [2.75, 3.05) is 11.9 Å². The van der Waals surface area contributed by atoms with Crippen LogP contribution in [-0.2, 0) is 6.54 Å². The molecule has 0 radical (unpaired) electrons. The van der Waals surface area contributed by atoms with E-state index in [-0.39, 0.29) is 11.9 Å². The van der Waals surface area contributed by atoms with Crippen LogP contribution in [0.1, 0.15) is 23.6 Å². The molecular formula is C11H16N6OS. The van der Waals surface area contributed by atoms with Gasteiger partial charge in [-0.25, -0.2) is 0 Å². The molecule has 0 spiro atoms. The van der Waals surface area contributed by atoms with E-state index in [1.54, 1.807) is 10.9 Å². The largest absolute Gasteiger partial charge is 0.360 e. The Morgan fingerprint density at radius 1 is 1.53 bits per heavy atom. The predicted octanol–water partition coefficient (Wildman–Crippen LogP) is 0.985. The monoisotopic (exact) mass is 280 g/mol. The zero-order chi connectivity index (χ0) is 13.7. The number of hydrogen-bond acceptors (Lipinski definition) is 6. The van der Waals surface area contributed by atoms with Crippen LogP contribution in [0, 0.1) is 0 Å². The Labute approximate surface area is 115 Å². The molecule has 0 aliphatic carbocycles. The summed E-state index contributed by atoms with van der Waals surface area (Å²) >= 11 is 1.25. The highest BCUT2D eigenvalue weighted by Crippen LogP contribution is 2.14. The van der Waals surface area contributed by atoms with Crippen LogP contribution in [-0.4, -0.2) is 38.5 Å². The molecule has 2 heterocycles. The number of aromatic nitrogens is 4. The van der Waals surface area contributed by atoms with Crippen molar-refractivity contribution in [2.45, 2.75) is 26.4 Å². The number of rotatable bonds is 6. The van der Waals surface area contributed by atoms with Crippen LogP contribution >= 0.6 is 11.3 Å². The second-order valence-electron chi connectivity index (χ2n) is 4.05. The smallest absolute Gasteiger partial charge is 0.282 e. The molecule has 0 aromatic carbocycles. The van der Waals surface area contributed by atoms with E-state index >= 15 is 0 Å². The van der Waals surface area contributed by atoms with E-state index in [1.165, 1.54) is 11.3 Å². The van der Waals surface area contributed by atoms with E-state index in [1.807, 2.05) is 26.1 Å². The molecule has 0 saturated heterocycles. The van der Waals surface area contributed by atoms with Crippen LogP contribution in [0.3, 0.4) is 0 Å². The minimum absolute atomic E-state index is 0.0288. The van der Waals surface area contributed by atoms with Crippen LogP contribution < -0.4 is 10.6 Å². The maximum atomic E-state index is 11.9. The standard InChI is InChI=1S/C11H16N6OS/c1-3-12-11-16-15-10(19-11)9(18)14-8(2)7-17-6-4-5-13-17/h4-6,8H,3,7H2,1-2H3,(H,12,16)(H,14,18). The average molecular weight is 280 g/mol. The molecule has 0 aliphatic heterocycles. The molecule has 19 heavy (non-hydrogen) atoms. The third-order valence-corrected chi connectivity index (χ3v) is 3.22. The molecule has 1 atom stereocenters. The predicted molar refractivity (Wildman–Crippen MR) is 73.2 cm³/mol. The average Bonchev–Trinajstić information content (AvgIpc) is 3.00. The van der Waals surface area contributed by atoms with Crippen molar-refractivity contribution < 1.29 is 4.79 Å². The third-order valence-electron chi connectivity index (χ3n) is 2.34.